The highest BCUT2D eigenvalue weighted by molar-refractivity contribution is 9.10. The van der Waals surface area contributed by atoms with Gasteiger partial charge in [0.25, 0.3) is 0 Å². The number of hydrogen-bond donors (Lipinski definition) is 1. The molecule has 1 aromatic rings. The van der Waals surface area contributed by atoms with Gasteiger partial charge in [-0.3, -0.25) is 4.90 Å². The van der Waals surface area contributed by atoms with Crippen LogP contribution in [0.5, 0.6) is 5.75 Å². The van der Waals surface area contributed by atoms with Crippen LogP contribution >= 0.6 is 28.3 Å². The number of rotatable bonds is 4. The van der Waals surface area contributed by atoms with E-state index in [0.717, 1.165) is 26.2 Å². The number of ether oxygens (including phenoxy) is 1. The summed E-state index contributed by atoms with van der Waals surface area (Å²) in [5.74, 6) is -0.186. The van der Waals surface area contributed by atoms with Crippen LogP contribution in [0, 0.1) is 0 Å². The number of nitrogens with one attached hydrogen (secondary N) is 1. The fraction of sp³-hybridized carbons (Fsp3) is 0.429. The lowest BCUT2D eigenvalue weighted by Crippen LogP contribution is -2.44. The number of benzene rings is 1. The third kappa shape index (κ3) is 5.15. The third-order valence-corrected chi connectivity index (χ3v) is 3.78. The molecular weight excluding hydrogens is 385 g/mol. The Balaban J connectivity index is 0.00000242. The average Bonchev–Trinajstić information content (AvgIpc) is 2.42. The van der Waals surface area contributed by atoms with Gasteiger partial charge < -0.3 is 10.1 Å². The van der Waals surface area contributed by atoms with Gasteiger partial charge in [0.2, 0.25) is 0 Å². The highest BCUT2D eigenvalue weighted by Gasteiger charge is 2.33. The fourth-order valence-electron chi connectivity index (χ4n) is 2.40. The van der Waals surface area contributed by atoms with E-state index in [1.165, 1.54) is 12.1 Å². The summed E-state index contributed by atoms with van der Waals surface area (Å²) < 4.78 is 42.5. The van der Waals surface area contributed by atoms with Gasteiger partial charge in [-0.05, 0) is 18.2 Å². The summed E-state index contributed by atoms with van der Waals surface area (Å²) >= 11 is 3.30. The van der Waals surface area contributed by atoms with Crippen LogP contribution in [0.25, 0.3) is 0 Å². The lowest BCUT2D eigenvalue weighted by Gasteiger charge is -2.34. The van der Waals surface area contributed by atoms with Crippen molar-refractivity contribution in [2.24, 2.45) is 0 Å². The van der Waals surface area contributed by atoms with Crippen LogP contribution in [0.15, 0.2) is 35.3 Å². The van der Waals surface area contributed by atoms with Crippen molar-refractivity contribution in [1.29, 1.82) is 0 Å². The molecule has 1 aliphatic heterocycles. The molecule has 1 aliphatic rings. The molecule has 3 nitrogen and oxygen atoms in total. The molecule has 0 bridgehead atoms. The van der Waals surface area contributed by atoms with Crippen molar-refractivity contribution in [2.45, 2.75) is 12.4 Å². The van der Waals surface area contributed by atoms with Gasteiger partial charge in [0.05, 0.1) is 6.04 Å². The smallest absolute Gasteiger partial charge is 0.405 e. The Hall–Kier alpha value is -0.760. The minimum Gasteiger partial charge on any atom is -0.405 e. The first-order valence-electron chi connectivity index (χ1n) is 6.53. The van der Waals surface area contributed by atoms with E-state index < -0.39 is 6.36 Å². The SMILES string of the molecule is C=C[C@@H](c1cc(Br)ccc1OC(F)(F)F)N1CCNCC1.Cl. The summed E-state index contributed by atoms with van der Waals surface area (Å²) in [6.07, 6.45) is -3.06. The van der Waals surface area contributed by atoms with Gasteiger partial charge >= 0.3 is 6.36 Å². The Bertz CT molecular complexity index is 507. The molecular formula is C14H17BrClF3N2O. The molecule has 1 fully saturated rings. The van der Waals surface area contributed by atoms with Crippen LogP contribution in [0.3, 0.4) is 0 Å². The highest BCUT2D eigenvalue weighted by atomic mass is 79.9. The molecule has 0 aliphatic carbocycles. The van der Waals surface area contributed by atoms with E-state index in [1.807, 2.05) is 0 Å². The second-order valence-electron chi connectivity index (χ2n) is 4.70. The van der Waals surface area contributed by atoms with Gasteiger partial charge in [-0.15, -0.1) is 32.2 Å². The van der Waals surface area contributed by atoms with E-state index in [9.17, 15) is 13.2 Å². The molecule has 8 heteroatoms. The number of nitrogens with zero attached hydrogens (tertiary/aromatic N) is 1. The standard InChI is InChI=1S/C14H16BrF3N2O.ClH/c1-2-12(20-7-5-19-6-8-20)11-9-10(15)3-4-13(11)21-14(16,17)18;/h2-4,9,12,19H,1,5-8H2;1H/t12-;/m0./s1. The van der Waals surface area contributed by atoms with E-state index >= 15 is 0 Å². The van der Waals surface area contributed by atoms with E-state index in [1.54, 1.807) is 12.1 Å². The average molecular weight is 402 g/mol. The van der Waals surface area contributed by atoms with Crippen LogP contribution in [0.2, 0.25) is 0 Å². The second-order valence-corrected chi connectivity index (χ2v) is 5.61. The predicted octanol–water partition coefficient (Wildman–Crippen LogP) is 3.90. The maximum absolute atomic E-state index is 12.5. The predicted molar refractivity (Wildman–Crippen MR) is 85.5 cm³/mol. The Kier molecular flexibility index (Phi) is 7.18. The molecule has 2 rings (SSSR count). The van der Waals surface area contributed by atoms with Crippen molar-refractivity contribution in [3.63, 3.8) is 0 Å². The summed E-state index contributed by atoms with van der Waals surface area (Å²) in [4.78, 5) is 2.08. The molecule has 1 N–H and O–H groups in total. The van der Waals surface area contributed by atoms with Crippen LogP contribution in [-0.4, -0.2) is 37.4 Å². The first-order valence-corrected chi connectivity index (χ1v) is 7.32. The van der Waals surface area contributed by atoms with Crippen molar-refractivity contribution < 1.29 is 17.9 Å². The first-order chi connectivity index (χ1) is 9.90. The van der Waals surface area contributed by atoms with Crippen molar-refractivity contribution in [3.05, 3.63) is 40.9 Å². The molecule has 0 unspecified atom stereocenters. The second kappa shape index (κ2) is 8.19. The zero-order chi connectivity index (χ0) is 15.5. The van der Waals surface area contributed by atoms with Crippen LogP contribution in [0.4, 0.5) is 13.2 Å². The van der Waals surface area contributed by atoms with Crippen molar-refractivity contribution >= 4 is 28.3 Å². The number of piperazine rings is 1. The molecule has 0 spiro atoms. The topological polar surface area (TPSA) is 24.5 Å². The normalized spacial score (nSPS) is 17.5. The largest absolute Gasteiger partial charge is 0.573 e. The van der Waals surface area contributed by atoms with Crippen molar-refractivity contribution in [2.75, 3.05) is 26.2 Å². The molecule has 0 saturated carbocycles. The lowest BCUT2D eigenvalue weighted by molar-refractivity contribution is -0.275. The Morgan fingerprint density at radius 1 is 1.32 bits per heavy atom. The first kappa shape index (κ1) is 19.3. The summed E-state index contributed by atoms with van der Waals surface area (Å²) in [6, 6.07) is 4.19. The van der Waals surface area contributed by atoms with Gasteiger partial charge in [-0.25, -0.2) is 0 Å². The zero-order valence-corrected chi connectivity index (χ0v) is 14.1. The molecule has 0 amide bonds. The summed E-state index contributed by atoms with van der Waals surface area (Å²) in [5, 5.41) is 3.21. The molecule has 0 aromatic heterocycles. The van der Waals surface area contributed by atoms with E-state index in [0.29, 0.717) is 10.0 Å². The maximum atomic E-state index is 12.5. The Morgan fingerprint density at radius 2 is 1.95 bits per heavy atom. The molecule has 124 valence electrons. The minimum atomic E-state index is -4.71. The lowest BCUT2D eigenvalue weighted by atomic mass is 10.0. The van der Waals surface area contributed by atoms with Gasteiger partial charge in [0.15, 0.2) is 0 Å². The molecule has 1 aromatic carbocycles. The van der Waals surface area contributed by atoms with Gasteiger partial charge in [0.1, 0.15) is 5.75 Å². The molecule has 1 atom stereocenters. The molecule has 22 heavy (non-hydrogen) atoms. The Labute approximate surface area is 142 Å². The van der Waals surface area contributed by atoms with Gasteiger partial charge in [-0.2, -0.15) is 0 Å². The summed E-state index contributed by atoms with van der Waals surface area (Å²) in [6.45, 7) is 6.85. The number of hydrogen-bond acceptors (Lipinski definition) is 3. The van der Waals surface area contributed by atoms with Crippen molar-refractivity contribution in [1.82, 2.24) is 10.2 Å². The fourth-order valence-corrected chi connectivity index (χ4v) is 2.78. The monoisotopic (exact) mass is 400 g/mol. The third-order valence-electron chi connectivity index (χ3n) is 3.28. The van der Waals surface area contributed by atoms with Gasteiger partial charge in [0, 0.05) is 36.2 Å². The van der Waals surface area contributed by atoms with E-state index in [2.05, 4.69) is 37.5 Å². The maximum Gasteiger partial charge on any atom is 0.573 e. The Morgan fingerprint density at radius 3 is 2.50 bits per heavy atom. The van der Waals surface area contributed by atoms with Crippen molar-refractivity contribution in [3.8, 4) is 5.75 Å². The van der Waals surface area contributed by atoms with E-state index in [-0.39, 0.29) is 24.2 Å². The van der Waals surface area contributed by atoms with Crippen LogP contribution in [-0.2, 0) is 0 Å². The molecule has 0 radical (unpaired) electrons. The van der Waals surface area contributed by atoms with Gasteiger partial charge in [-0.1, -0.05) is 22.0 Å². The molecule has 1 heterocycles. The van der Waals surface area contributed by atoms with E-state index in [4.69, 9.17) is 0 Å². The van der Waals surface area contributed by atoms with Crippen LogP contribution in [0.1, 0.15) is 11.6 Å². The molecule has 1 saturated heterocycles. The number of alkyl halides is 3. The summed E-state index contributed by atoms with van der Waals surface area (Å²) in [7, 11) is 0. The minimum absolute atomic E-state index is 0. The number of halogens is 5. The highest BCUT2D eigenvalue weighted by Crippen LogP contribution is 2.35. The zero-order valence-electron chi connectivity index (χ0n) is 11.7. The summed E-state index contributed by atoms with van der Waals surface area (Å²) in [5.41, 5.74) is 0.457. The van der Waals surface area contributed by atoms with Crippen LogP contribution < -0.4 is 10.1 Å². The quantitative estimate of drug-likeness (QED) is 0.775.